The van der Waals surface area contributed by atoms with Crippen molar-refractivity contribution in [1.82, 2.24) is 10.3 Å². The molecule has 0 aliphatic carbocycles. The number of hydrogen-bond donors (Lipinski definition) is 1. The monoisotopic (exact) mass is 435 g/mol. The molecule has 0 aromatic heterocycles. The molecule has 0 unspecified atom stereocenters. The molecule has 6 heteroatoms. The van der Waals surface area contributed by atoms with Crippen LogP contribution in [0.1, 0.15) is 68.7 Å². The van der Waals surface area contributed by atoms with Crippen molar-refractivity contribution in [3.05, 3.63) is 65.2 Å². The molecule has 1 aliphatic rings. The number of nitrogens with one attached hydrogen (secondary N) is 1. The second-order valence-corrected chi connectivity index (χ2v) is 8.24. The molecule has 170 valence electrons. The lowest BCUT2D eigenvalue weighted by Gasteiger charge is -2.24. The second-order valence-electron chi connectivity index (χ2n) is 8.24. The Bertz CT molecular complexity index is 936. The maximum Gasteiger partial charge on any atom is 0.243 e. The molecule has 1 aliphatic heterocycles. The first-order valence-electron chi connectivity index (χ1n) is 11.4. The van der Waals surface area contributed by atoms with E-state index in [0.29, 0.717) is 19.4 Å². The van der Waals surface area contributed by atoms with E-state index in [1.54, 1.807) is 0 Å². The highest BCUT2D eigenvalue weighted by Crippen LogP contribution is 2.19. The highest BCUT2D eigenvalue weighted by atomic mass is 16.5. The van der Waals surface area contributed by atoms with Crippen molar-refractivity contribution in [2.45, 2.75) is 58.9 Å². The van der Waals surface area contributed by atoms with E-state index in [0.717, 1.165) is 35.4 Å². The van der Waals surface area contributed by atoms with Crippen LogP contribution in [0.25, 0.3) is 0 Å². The molecule has 32 heavy (non-hydrogen) atoms. The van der Waals surface area contributed by atoms with Crippen molar-refractivity contribution in [3.8, 4) is 5.75 Å². The zero-order chi connectivity index (χ0) is 22.9. The fourth-order valence-corrected chi connectivity index (χ4v) is 3.52. The van der Waals surface area contributed by atoms with E-state index in [9.17, 15) is 9.59 Å². The third-order valence-corrected chi connectivity index (χ3v) is 5.56. The Hall–Kier alpha value is -3.15. The molecular formula is C26H33N3O3. The molecule has 3 rings (SSSR count). The SMILES string of the molecule is CCCCOc1ccc([C@@H](C)NC(=O)CCN2N=C(c3ccc(C)cc3)CCC2=O)cc1. The lowest BCUT2D eigenvalue weighted by molar-refractivity contribution is -0.132. The Labute approximate surface area is 190 Å². The van der Waals surface area contributed by atoms with E-state index < -0.39 is 0 Å². The summed E-state index contributed by atoms with van der Waals surface area (Å²) in [5.41, 5.74) is 4.10. The quantitative estimate of drug-likeness (QED) is 0.547. The van der Waals surface area contributed by atoms with E-state index in [1.807, 2.05) is 62.4 Å². The number of amides is 2. The Morgan fingerprint density at radius 1 is 1.12 bits per heavy atom. The average Bonchev–Trinajstić information content (AvgIpc) is 2.80. The third kappa shape index (κ3) is 6.67. The summed E-state index contributed by atoms with van der Waals surface area (Å²) in [6, 6.07) is 15.8. The highest BCUT2D eigenvalue weighted by molar-refractivity contribution is 6.04. The van der Waals surface area contributed by atoms with Gasteiger partial charge in [0, 0.05) is 19.3 Å². The molecule has 0 fully saturated rings. The number of benzene rings is 2. The van der Waals surface area contributed by atoms with Crippen LogP contribution in [0.2, 0.25) is 0 Å². The first-order chi connectivity index (χ1) is 15.5. The number of carbonyl (C=O) groups excluding carboxylic acids is 2. The first kappa shape index (κ1) is 23.5. The van der Waals surface area contributed by atoms with E-state index >= 15 is 0 Å². The molecule has 1 heterocycles. The van der Waals surface area contributed by atoms with Crippen LogP contribution in [0, 0.1) is 6.92 Å². The molecule has 0 saturated carbocycles. The van der Waals surface area contributed by atoms with Crippen molar-refractivity contribution in [2.75, 3.05) is 13.2 Å². The minimum Gasteiger partial charge on any atom is -0.494 e. The molecule has 0 bridgehead atoms. The van der Waals surface area contributed by atoms with Gasteiger partial charge in [0.25, 0.3) is 0 Å². The van der Waals surface area contributed by atoms with E-state index in [-0.39, 0.29) is 30.8 Å². The Kier molecular flexibility index (Phi) is 8.42. The average molecular weight is 436 g/mol. The summed E-state index contributed by atoms with van der Waals surface area (Å²) in [7, 11) is 0. The van der Waals surface area contributed by atoms with Crippen molar-refractivity contribution >= 4 is 17.5 Å². The fraction of sp³-hybridized carbons (Fsp3) is 0.423. The molecule has 1 N–H and O–H groups in total. The Morgan fingerprint density at radius 2 is 1.84 bits per heavy atom. The lowest BCUT2D eigenvalue weighted by Crippen LogP contribution is -2.36. The zero-order valence-electron chi connectivity index (χ0n) is 19.3. The molecule has 0 saturated heterocycles. The van der Waals surface area contributed by atoms with Crippen LogP contribution in [0.5, 0.6) is 5.75 Å². The van der Waals surface area contributed by atoms with Crippen LogP contribution >= 0.6 is 0 Å². The Morgan fingerprint density at radius 3 is 2.53 bits per heavy atom. The third-order valence-electron chi connectivity index (χ3n) is 5.56. The number of rotatable bonds is 10. The summed E-state index contributed by atoms with van der Waals surface area (Å²) in [6.45, 7) is 7.11. The lowest BCUT2D eigenvalue weighted by atomic mass is 10.0. The van der Waals surface area contributed by atoms with Crippen molar-refractivity contribution in [1.29, 1.82) is 0 Å². The number of carbonyl (C=O) groups is 2. The standard InChI is InChI=1S/C26H33N3O3/c1-4-5-18-32-23-12-10-21(11-13-23)20(3)27-25(30)16-17-29-26(31)15-14-24(28-29)22-8-6-19(2)7-9-22/h6-13,20H,4-5,14-18H2,1-3H3,(H,27,30)/t20-/m1/s1. The maximum absolute atomic E-state index is 12.5. The van der Waals surface area contributed by atoms with E-state index in [1.165, 1.54) is 10.6 Å². The van der Waals surface area contributed by atoms with Gasteiger partial charge in [0.05, 0.1) is 24.9 Å². The molecule has 2 aromatic carbocycles. The molecule has 2 amide bonds. The van der Waals surface area contributed by atoms with Crippen LogP contribution < -0.4 is 10.1 Å². The van der Waals surface area contributed by atoms with Gasteiger partial charge in [0.2, 0.25) is 11.8 Å². The Balaban J connectivity index is 1.51. The number of unbranched alkanes of at least 4 members (excludes halogenated alkanes) is 1. The number of ether oxygens (including phenoxy) is 1. The molecule has 6 nitrogen and oxygen atoms in total. The molecule has 2 aromatic rings. The molecule has 0 spiro atoms. The topological polar surface area (TPSA) is 71.0 Å². The van der Waals surface area contributed by atoms with Crippen LogP contribution in [-0.4, -0.2) is 35.7 Å². The summed E-state index contributed by atoms with van der Waals surface area (Å²) in [4.78, 5) is 24.8. The van der Waals surface area contributed by atoms with Gasteiger partial charge < -0.3 is 10.1 Å². The first-order valence-corrected chi connectivity index (χ1v) is 11.4. The fourth-order valence-electron chi connectivity index (χ4n) is 3.52. The van der Waals surface area contributed by atoms with Gasteiger partial charge in [-0.05, 0) is 43.5 Å². The number of nitrogens with zero attached hydrogens (tertiary/aromatic N) is 2. The molecular weight excluding hydrogens is 402 g/mol. The summed E-state index contributed by atoms with van der Waals surface area (Å²) in [6.07, 6.45) is 3.38. The summed E-state index contributed by atoms with van der Waals surface area (Å²) in [5, 5.41) is 8.96. The van der Waals surface area contributed by atoms with Crippen LogP contribution in [0.15, 0.2) is 53.6 Å². The van der Waals surface area contributed by atoms with E-state index in [2.05, 4.69) is 17.3 Å². The molecule has 1 atom stereocenters. The van der Waals surface area contributed by atoms with Gasteiger partial charge in [-0.3, -0.25) is 9.59 Å². The van der Waals surface area contributed by atoms with Crippen molar-refractivity contribution in [2.24, 2.45) is 5.10 Å². The summed E-state index contributed by atoms with van der Waals surface area (Å²) >= 11 is 0. The van der Waals surface area contributed by atoms with Crippen LogP contribution in [0.3, 0.4) is 0 Å². The summed E-state index contributed by atoms with van der Waals surface area (Å²) < 4.78 is 5.69. The van der Waals surface area contributed by atoms with Crippen LogP contribution in [0.4, 0.5) is 0 Å². The minimum atomic E-state index is -0.129. The predicted octanol–water partition coefficient (Wildman–Crippen LogP) is 4.77. The largest absolute Gasteiger partial charge is 0.494 e. The van der Waals surface area contributed by atoms with Crippen LogP contribution in [-0.2, 0) is 9.59 Å². The van der Waals surface area contributed by atoms with Gasteiger partial charge in [-0.15, -0.1) is 0 Å². The number of hydrogen-bond acceptors (Lipinski definition) is 4. The smallest absolute Gasteiger partial charge is 0.243 e. The van der Waals surface area contributed by atoms with Gasteiger partial charge in [0.15, 0.2) is 0 Å². The minimum absolute atomic E-state index is 0.0413. The van der Waals surface area contributed by atoms with E-state index in [4.69, 9.17) is 4.74 Å². The molecule has 0 radical (unpaired) electrons. The predicted molar refractivity (Wildman–Crippen MR) is 127 cm³/mol. The van der Waals surface area contributed by atoms with Crippen molar-refractivity contribution < 1.29 is 14.3 Å². The van der Waals surface area contributed by atoms with Crippen molar-refractivity contribution in [3.63, 3.8) is 0 Å². The van der Waals surface area contributed by atoms with Gasteiger partial charge >= 0.3 is 0 Å². The highest BCUT2D eigenvalue weighted by Gasteiger charge is 2.22. The van der Waals surface area contributed by atoms with Gasteiger partial charge in [-0.2, -0.15) is 5.10 Å². The van der Waals surface area contributed by atoms with Gasteiger partial charge in [-0.25, -0.2) is 5.01 Å². The summed E-state index contributed by atoms with van der Waals surface area (Å²) in [5.74, 6) is 0.693. The zero-order valence-corrected chi connectivity index (χ0v) is 19.3. The normalized spacial score (nSPS) is 14.7. The van der Waals surface area contributed by atoms with Gasteiger partial charge in [0.1, 0.15) is 5.75 Å². The number of aryl methyl sites for hydroxylation is 1. The second kappa shape index (κ2) is 11.5. The number of hydrazone groups is 1. The maximum atomic E-state index is 12.5. The van der Waals surface area contributed by atoms with Gasteiger partial charge in [-0.1, -0.05) is 55.3 Å².